The molecule has 24 heavy (non-hydrogen) atoms. The Morgan fingerprint density at radius 2 is 2.00 bits per heavy atom. The average Bonchev–Trinajstić information content (AvgIpc) is 2.47. The summed E-state index contributed by atoms with van der Waals surface area (Å²) < 4.78 is 29.8. The first-order chi connectivity index (χ1) is 11.2. The van der Waals surface area contributed by atoms with Crippen LogP contribution in [0.25, 0.3) is 0 Å². The predicted molar refractivity (Wildman–Crippen MR) is 96.8 cm³/mol. The lowest BCUT2D eigenvalue weighted by molar-refractivity contribution is -0.116. The Bertz CT molecular complexity index is 657. The summed E-state index contributed by atoms with van der Waals surface area (Å²) in [7, 11) is -1.89. The Labute approximate surface area is 145 Å². The lowest BCUT2D eigenvalue weighted by Gasteiger charge is -2.21. The topological polar surface area (TPSA) is 75.7 Å². The zero-order chi connectivity index (χ0) is 18.3. The Morgan fingerprint density at radius 1 is 1.33 bits per heavy atom. The molecule has 0 radical (unpaired) electrons. The van der Waals surface area contributed by atoms with Gasteiger partial charge in [0.15, 0.2) is 0 Å². The van der Waals surface area contributed by atoms with E-state index in [0.717, 1.165) is 23.1 Å². The predicted octanol–water partition coefficient (Wildman–Crippen LogP) is 2.36. The number of carbonyl (C=O) groups is 1. The molecule has 0 aliphatic rings. The second-order valence-electron chi connectivity index (χ2n) is 6.18. The average molecular weight is 356 g/mol. The Balaban J connectivity index is 2.87. The van der Waals surface area contributed by atoms with Crippen LogP contribution in [-0.4, -0.2) is 51.7 Å². The molecule has 0 fully saturated rings. The molecular formula is C17H28N2O4S. The molecule has 6 nitrogen and oxygen atoms in total. The standard InChI is InChI=1S/C17H28N2O4S/c1-13(2)15-9-6-8-14(3)17(15)18-16(20)12-19(24(5,21)22)10-7-11-23-4/h6,8-9,13H,7,10-12H2,1-5H3,(H,18,20). The van der Waals surface area contributed by atoms with Crippen molar-refractivity contribution >= 4 is 21.6 Å². The first-order valence-corrected chi connectivity index (χ1v) is 9.85. The van der Waals surface area contributed by atoms with Gasteiger partial charge in [0, 0.05) is 25.9 Å². The summed E-state index contributed by atoms with van der Waals surface area (Å²) in [6.07, 6.45) is 1.65. The number of amides is 1. The van der Waals surface area contributed by atoms with Crippen molar-refractivity contribution in [1.29, 1.82) is 0 Å². The summed E-state index contributed by atoms with van der Waals surface area (Å²) in [6, 6.07) is 5.85. The molecule has 1 aromatic carbocycles. The summed E-state index contributed by atoms with van der Waals surface area (Å²) in [5.41, 5.74) is 2.76. The summed E-state index contributed by atoms with van der Waals surface area (Å²) in [4.78, 5) is 12.4. The molecule has 7 heteroatoms. The van der Waals surface area contributed by atoms with E-state index in [1.165, 1.54) is 4.31 Å². The van der Waals surface area contributed by atoms with E-state index < -0.39 is 10.0 Å². The number of para-hydroxylation sites is 1. The van der Waals surface area contributed by atoms with Crippen LogP contribution in [0, 0.1) is 6.92 Å². The van der Waals surface area contributed by atoms with E-state index in [1.54, 1.807) is 7.11 Å². The molecule has 0 saturated carbocycles. The van der Waals surface area contributed by atoms with Gasteiger partial charge in [-0.25, -0.2) is 8.42 Å². The number of aryl methyl sites for hydroxylation is 1. The Morgan fingerprint density at radius 3 is 2.54 bits per heavy atom. The molecule has 1 amide bonds. The highest BCUT2D eigenvalue weighted by Crippen LogP contribution is 2.27. The molecule has 1 aromatic rings. The van der Waals surface area contributed by atoms with Crippen molar-refractivity contribution in [3.05, 3.63) is 29.3 Å². The van der Waals surface area contributed by atoms with E-state index >= 15 is 0 Å². The third-order valence-electron chi connectivity index (χ3n) is 3.74. The highest BCUT2D eigenvalue weighted by Gasteiger charge is 2.21. The van der Waals surface area contributed by atoms with E-state index in [9.17, 15) is 13.2 Å². The second kappa shape index (κ2) is 9.15. The number of methoxy groups -OCH3 is 1. The third kappa shape index (κ3) is 6.22. The van der Waals surface area contributed by atoms with Crippen molar-refractivity contribution in [2.75, 3.05) is 38.4 Å². The first-order valence-electron chi connectivity index (χ1n) is 8.00. The highest BCUT2D eigenvalue weighted by atomic mass is 32.2. The van der Waals surface area contributed by atoms with Gasteiger partial charge in [-0.2, -0.15) is 4.31 Å². The van der Waals surface area contributed by atoms with Gasteiger partial charge in [0.2, 0.25) is 15.9 Å². The van der Waals surface area contributed by atoms with Crippen LogP contribution in [0.15, 0.2) is 18.2 Å². The van der Waals surface area contributed by atoms with Gasteiger partial charge in [-0.15, -0.1) is 0 Å². The van der Waals surface area contributed by atoms with Crippen LogP contribution >= 0.6 is 0 Å². The normalized spacial score (nSPS) is 12.0. The van der Waals surface area contributed by atoms with E-state index in [-0.39, 0.29) is 24.9 Å². The molecule has 136 valence electrons. The monoisotopic (exact) mass is 356 g/mol. The fourth-order valence-corrected chi connectivity index (χ4v) is 3.24. The van der Waals surface area contributed by atoms with Gasteiger partial charge in [-0.3, -0.25) is 4.79 Å². The molecule has 0 aromatic heterocycles. The maximum Gasteiger partial charge on any atom is 0.239 e. The SMILES string of the molecule is COCCCN(CC(=O)Nc1c(C)cccc1C(C)C)S(C)(=O)=O. The lowest BCUT2D eigenvalue weighted by Crippen LogP contribution is -2.38. The van der Waals surface area contributed by atoms with E-state index in [0.29, 0.717) is 13.0 Å². The molecule has 0 saturated heterocycles. The molecule has 0 unspecified atom stereocenters. The Hall–Kier alpha value is -1.44. The van der Waals surface area contributed by atoms with Gasteiger partial charge in [-0.1, -0.05) is 32.0 Å². The zero-order valence-corrected chi connectivity index (χ0v) is 15.9. The number of hydrogen-bond acceptors (Lipinski definition) is 4. The minimum absolute atomic E-state index is 0.200. The second-order valence-corrected chi connectivity index (χ2v) is 8.17. The first kappa shape index (κ1) is 20.6. The van der Waals surface area contributed by atoms with Crippen LogP contribution < -0.4 is 5.32 Å². The van der Waals surface area contributed by atoms with Crippen molar-refractivity contribution in [2.24, 2.45) is 0 Å². The largest absolute Gasteiger partial charge is 0.385 e. The third-order valence-corrected chi connectivity index (χ3v) is 4.99. The number of sulfonamides is 1. The van der Waals surface area contributed by atoms with Crippen LogP contribution in [0.4, 0.5) is 5.69 Å². The van der Waals surface area contributed by atoms with Crippen LogP contribution in [0.5, 0.6) is 0 Å². The smallest absolute Gasteiger partial charge is 0.239 e. The van der Waals surface area contributed by atoms with Crippen LogP contribution in [0.1, 0.15) is 37.3 Å². The minimum Gasteiger partial charge on any atom is -0.385 e. The summed E-state index contributed by atoms with van der Waals surface area (Å²) in [6.45, 7) is 6.53. The Kier molecular flexibility index (Phi) is 7.86. The van der Waals surface area contributed by atoms with Gasteiger partial charge < -0.3 is 10.1 Å². The van der Waals surface area contributed by atoms with Gasteiger partial charge >= 0.3 is 0 Å². The van der Waals surface area contributed by atoms with Crippen molar-refractivity contribution in [3.8, 4) is 0 Å². The number of nitrogens with zero attached hydrogens (tertiary/aromatic N) is 1. The zero-order valence-electron chi connectivity index (χ0n) is 15.1. The number of anilines is 1. The molecule has 0 spiro atoms. The molecule has 0 atom stereocenters. The fourth-order valence-electron chi connectivity index (χ4n) is 2.43. The number of ether oxygens (including phenoxy) is 1. The van der Waals surface area contributed by atoms with Gasteiger partial charge in [0.05, 0.1) is 12.8 Å². The molecule has 0 aliphatic carbocycles. The molecule has 0 aliphatic heterocycles. The highest BCUT2D eigenvalue weighted by molar-refractivity contribution is 7.88. The van der Waals surface area contributed by atoms with Crippen molar-refractivity contribution in [2.45, 2.75) is 33.1 Å². The van der Waals surface area contributed by atoms with E-state index in [2.05, 4.69) is 19.2 Å². The quantitative estimate of drug-likeness (QED) is 0.689. The molecule has 0 bridgehead atoms. The van der Waals surface area contributed by atoms with Crippen LogP contribution in [0.3, 0.4) is 0 Å². The van der Waals surface area contributed by atoms with Crippen molar-refractivity contribution in [1.82, 2.24) is 4.31 Å². The molecule has 1 N–H and O–H groups in total. The number of hydrogen-bond donors (Lipinski definition) is 1. The van der Waals surface area contributed by atoms with Crippen LogP contribution in [0.2, 0.25) is 0 Å². The van der Waals surface area contributed by atoms with Crippen molar-refractivity contribution < 1.29 is 17.9 Å². The number of benzene rings is 1. The van der Waals surface area contributed by atoms with Crippen molar-refractivity contribution in [3.63, 3.8) is 0 Å². The summed E-state index contributed by atoms with van der Waals surface area (Å²) in [5, 5.41) is 2.88. The van der Waals surface area contributed by atoms with Crippen LogP contribution in [-0.2, 0) is 19.6 Å². The maximum absolute atomic E-state index is 12.4. The van der Waals surface area contributed by atoms with Gasteiger partial charge in [0.25, 0.3) is 0 Å². The van der Waals surface area contributed by atoms with E-state index in [4.69, 9.17) is 4.74 Å². The molecule has 1 rings (SSSR count). The molecular weight excluding hydrogens is 328 g/mol. The van der Waals surface area contributed by atoms with Gasteiger partial charge in [0.1, 0.15) is 0 Å². The number of nitrogens with one attached hydrogen (secondary N) is 1. The fraction of sp³-hybridized carbons (Fsp3) is 0.588. The maximum atomic E-state index is 12.4. The number of rotatable bonds is 9. The number of carbonyl (C=O) groups excluding carboxylic acids is 1. The summed E-state index contributed by atoms with van der Waals surface area (Å²) in [5.74, 6) is -0.0815. The van der Waals surface area contributed by atoms with E-state index in [1.807, 2.05) is 25.1 Å². The molecule has 0 heterocycles. The lowest BCUT2D eigenvalue weighted by atomic mass is 9.98. The minimum atomic E-state index is -3.45. The summed E-state index contributed by atoms with van der Waals surface area (Å²) >= 11 is 0. The van der Waals surface area contributed by atoms with Gasteiger partial charge in [-0.05, 0) is 30.4 Å².